The molecule has 2 atom stereocenters. The smallest absolute Gasteiger partial charge is 0.331 e. The van der Waals surface area contributed by atoms with E-state index in [1.165, 1.54) is 0 Å². The molecule has 13 heavy (non-hydrogen) atoms. The lowest BCUT2D eigenvalue weighted by Crippen LogP contribution is -2.27. The van der Waals surface area contributed by atoms with Gasteiger partial charge in [0, 0.05) is 17.9 Å². The van der Waals surface area contributed by atoms with Gasteiger partial charge in [0.15, 0.2) is 0 Å². The van der Waals surface area contributed by atoms with E-state index in [-0.39, 0.29) is 11.4 Å². The number of rotatable bonds is 2. The molecule has 72 valence electrons. The van der Waals surface area contributed by atoms with Gasteiger partial charge in [-0.3, -0.25) is 4.79 Å². The molecule has 0 aromatic carbocycles. The van der Waals surface area contributed by atoms with Crippen LogP contribution in [-0.4, -0.2) is 16.9 Å². The molecular weight excluding hydrogens is 168 g/mol. The quantitative estimate of drug-likeness (QED) is 0.660. The number of carboxylic acids is 1. The third-order valence-corrected chi connectivity index (χ3v) is 2.58. The summed E-state index contributed by atoms with van der Waals surface area (Å²) in [5.41, 5.74) is 0.0527. The van der Waals surface area contributed by atoms with E-state index in [0.717, 1.165) is 6.42 Å². The first-order chi connectivity index (χ1) is 6.02. The molecule has 0 aliphatic heterocycles. The van der Waals surface area contributed by atoms with Crippen LogP contribution in [0.1, 0.15) is 26.2 Å². The van der Waals surface area contributed by atoms with Gasteiger partial charge in [0.25, 0.3) is 0 Å². The molecule has 3 heteroatoms. The van der Waals surface area contributed by atoms with Crippen LogP contribution in [0.2, 0.25) is 0 Å². The van der Waals surface area contributed by atoms with Gasteiger partial charge in [-0.25, -0.2) is 4.79 Å². The van der Waals surface area contributed by atoms with E-state index >= 15 is 0 Å². The summed E-state index contributed by atoms with van der Waals surface area (Å²) in [5, 5.41) is 8.67. The molecule has 0 radical (unpaired) electrons. The number of ketones is 1. The van der Waals surface area contributed by atoms with Crippen LogP contribution < -0.4 is 0 Å². The summed E-state index contributed by atoms with van der Waals surface area (Å²) >= 11 is 0. The minimum atomic E-state index is -1.05. The van der Waals surface area contributed by atoms with Crippen molar-refractivity contribution in [1.29, 1.82) is 0 Å². The van der Waals surface area contributed by atoms with Crippen LogP contribution in [0.4, 0.5) is 0 Å². The van der Waals surface area contributed by atoms with Gasteiger partial charge >= 0.3 is 5.97 Å². The molecule has 0 spiro atoms. The Balaban J connectivity index is 2.66. The molecule has 1 N–H and O–H groups in total. The van der Waals surface area contributed by atoms with Crippen molar-refractivity contribution in [1.82, 2.24) is 0 Å². The average Bonchev–Trinajstić information content (AvgIpc) is 2.03. The molecule has 2 unspecified atom stereocenters. The second kappa shape index (κ2) is 3.73. The van der Waals surface area contributed by atoms with Gasteiger partial charge in [0.05, 0.1) is 0 Å². The summed E-state index contributed by atoms with van der Waals surface area (Å²) in [5.74, 6) is -1.06. The molecule has 1 fully saturated rings. The summed E-state index contributed by atoms with van der Waals surface area (Å²) in [6.45, 7) is 5.44. The molecule has 0 bridgehead atoms. The number of aliphatic carboxylic acids is 1. The fourth-order valence-electron chi connectivity index (χ4n) is 1.72. The van der Waals surface area contributed by atoms with Gasteiger partial charge in [0.1, 0.15) is 5.78 Å². The van der Waals surface area contributed by atoms with Gasteiger partial charge < -0.3 is 5.11 Å². The Morgan fingerprint density at radius 1 is 1.54 bits per heavy atom. The van der Waals surface area contributed by atoms with E-state index in [1.807, 2.05) is 6.92 Å². The van der Waals surface area contributed by atoms with Crippen molar-refractivity contribution in [3.63, 3.8) is 0 Å². The SMILES string of the molecule is C=C(C(=O)O)C1CCC(C)CC1=O. The number of carbonyl (C=O) groups excluding carboxylic acids is 1. The molecule has 0 heterocycles. The van der Waals surface area contributed by atoms with Gasteiger partial charge in [0.2, 0.25) is 0 Å². The zero-order valence-electron chi connectivity index (χ0n) is 7.75. The lowest BCUT2D eigenvalue weighted by molar-refractivity contribution is -0.136. The molecule has 1 aliphatic rings. The van der Waals surface area contributed by atoms with Gasteiger partial charge in [-0.05, 0) is 18.8 Å². The highest BCUT2D eigenvalue weighted by molar-refractivity contribution is 5.96. The molecule has 1 saturated carbocycles. The maximum atomic E-state index is 11.4. The van der Waals surface area contributed by atoms with Crippen molar-refractivity contribution in [3.05, 3.63) is 12.2 Å². The monoisotopic (exact) mass is 182 g/mol. The fraction of sp³-hybridized carbons (Fsp3) is 0.600. The Bertz CT molecular complexity index is 255. The second-order valence-corrected chi connectivity index (χ2v) is 3.74. The van der Waals surface area contributed by atoms with Crippen LogP contribution >= 0.6 is 0 Å². The number of carboxylic acid groups (broad SMARTS) is 1. The molecule has 1 aliphatic carbocycles. The molecule has 3 nitrogen and oxygen atoms in total. The number of carbonyl (C=O) groups is 2. The molecule has 0 aromatic heterocycles. The minimum absolute atomic E-state index is 0.0335. The minimum Gasteiger partial charge on any atom is -0.478 e. The number of hydrogen-bond acceptors (Lipinski definition) is 2. The highest BCUT2D eigenvalue weighted by Crippen LogP contribution is 2.29. The first kappa shape index (κ1) is 9.96. The van der Waals surface area contributed by atoms with E-state index in [9.17, 15) is 9.59 Å². The van der Waals surface area contributed by atoms with Crippen LogP contribution in [0.15, 0.2) is 12.2 Å². The second-order valence-electron chi connectivity index (χ2n) is 3.74. The Kier molecular flexibility index (Phi) is 2.86. The Labute approximate surface area is 77.4 Å². The summed E-state index contributed by atoms with van der Waals surface area (Å²) in [7, 11) is 0. The Morgan fingerprint density at radius 2 is 2.15 bits per heavy atom. The maximum absolute atomic E-state index is 11.4. The molecule has 0 aromatic rings. The third kappa shape index (κ3) is 2.17. The number of hydrogen-bond donors (Lipinski definition) is 1. The van der Waals surface area contributed by atoms with E-state index in [4.69, 9.17) is 5.11 Å². The zero-order chi connectivity index (χ0) is 10.0. The van der Waals surface area contributed by atoms with Crippen molar-refractivity contribution < 1.29 is 14.7 Å². The van der Waals surface area contributed by atoms with Gasteiger partial charge in [-0.15, -0.1) is 0 Å². The van der Waals surface area contributed by atoms with E-state index < -0.39 is 11.9 Å². The summed E-state index contributed by atoms with van der Waals surface area (Å²) in [4.78, 5) is 22.0. The molecule has 1 rings (SSSR count). The fourth-order valence-corrected chi connectivity index (χ4v) is 1.72. The van der Waals surface area contributed by atoms with Crippen molar-refractivity contribution in [2.45, 2.75) is 26.2 Å². The van der Waals surface area contributed by atoms with E-state index in [1.54, 1.807) is 0 Å². The lowest BCUT2D eigenvalue weighted by Gasteiger charge is -2.24. The van der Waals surface area contributed by atoms with Gasteiger partial charge in [-0.2, -0.15) is 0 Å². The highest BCUT2D eigenvalue weighted by atomic mass is 16.4. The molecule has 0 saturated heterocycles. The Hall–Kier alpha value is -1.12. The third-order valence-electron chi connectivity index (χ3n) is 2.58. The predicted molar refractivity (Wildman–Crippen MR) is 48.3 cm³/mol. The van der Waals surface area contributed by atoms with Crippen LogP contribution in [0, 0.1) is 11.8 Å². The summed E-state index contributed by atoms with van der Waals surface area (Å²) < 4.78 is 0. The van der Waals surface area contributed by atoms with Gasteiger partial charge in [-0.1, -0.05) is 13.5 Å². The Morgan fingerprint density at radius 3 is 2.62 bits per heavy atom. The van der Waals surface area contributed by atoms with Crippen LogP contribution in [0.3, 0.4) is 0 Å². The first-order valence-electron chi connectivity index (χ1n) is 4.47. The summed E-state index contributed by atoms with van der Waals surface area (Å²) in [6, 6.07) is 0. The maximum Gasteiger partial charge on any atom is 0.331 e. The normalized spacial score (nSPS) is 28.5. The van der Waals surface area contributed by atoms with E-state index in [0.29, 0.717) is 18.8 Å². The topological polar surface area (TPSA) is 54.4 Å². The van der Waals surface area contributed by atoms with Crippen molar-refractivity contribution in [2.24, 2.45) is 11.8 Å². The van der Waals surface area contributed by atoms with Crippen molar-refractivity contribution >= 4 is 11.8 Å². The van der Waals surface area contributed by atoms with Crippen LogP contribution in [-0.2, 0) is 9.59 Å². The van der Waals surface area contributed by atoms with E-state index in [2.05, 4.69) is 6.58 Å². The summed E-state index contributed by atoms with van der Waals surface area (Å²) in [6.07, 6.45) is 2.06. The first-order valence-corrected chi connectivity index (χ1v) is 4.47. The standard InChI is InChI=1S/C10H14O3/c1-6-3-4-8(9(11)5-6)7(2)10(12)13/h6,8H,2-5H2,1H3,(H,12,13). The van der Waals surface area contributed by atoms with Crippen LogP contribution in [0.25, 0.3) is 0 Å². The highest BCUT2D eigenvalue weighted by Gasteiger charge is 2.30. The molecular formula is C10H14O3. The average molecular weight is 182 g/mol. The largest absolute Gasteiger partial charge is 0.478 e. The lowest BCUT2D eigenvalue weighted by atomic mass is 9.78. The van der Waals surface area contributed by atoms with Crippen LogP contribution in [0.5, 0.6) is 0 Å². The van der Waals surface area contributed by atoms with Crippen molar-refractivity contribution in [3.8, 4) is 0 Å². The molecule has 0 amide bonds. The predicted octanol–water partition coefficient (Wildman–Crippen LogP) is 1.63. The zero-order valence-corrected chi connectivity index (χ0v) is 7.75. The van der Waals surface area contributed by atoms with Crippen molar-refractivity contribution in [2.75, 3.05) is 0 Å². The number of Topliss-reactive ketones (excluding diaryl/α,β-unsaturated/α-hetero) is 1.